The van der Waals surface area contributed by atoms with Crippen molar-refractivity contribution in [3.8, 4) is 11.5 Å². The number of fused-ring (bicyclic) bond motifs is 2. The van der Waals surface area contributed by atoms with Crippen molar-refractivity contribution in [1.29, 1.82) is 0 Å². The van der Waals surface area contributed by atoms with Crippen LogP contribution in [0.3, 0.4) is 0 Å². The number of hydrogen-bond acceptors (Lipinski definition) is 12. The maximum Gasteiger partial charge on any atom is 0.410 e. The molecule has 0 aromatic heterocycles. The third kappa shape index (κ3) is 9.85. The molecule has 2 N–H and O–H groups in total. The number of carbonyl (C=O) groups excluding carboxylic acids is 1. The summed E-state index contributed by atoms with van der Waals surface area (Å²) < 4.78 is 26.3. The van der Waals surface area contributed by atoms with Crippen LogP contribution in [-0.2, 0) is 20.9 Å². The molecule has 1 saturated heterocycles. The zero-order valence-electron chi connectivity index (χ0n) is 34.0. The van der Waals surface area contributed by atoms with Crippen LogP contribution < -0.4 is 9.47 Å². The maximum absolute atomic E-state index is 14.0. The SMILES string of the molecule is C=CCOC12Oc3ccc(OCCN4CC4)cc3C3C(CCCCO)C(CCCCO)C=C(C(=NOCc4ccc([N+](=O)[O-])cc4)CC1N(CCC)C(=O)OCC)C32. The number of nitro benzene ring substituents is 1. The average Bonchev–Trinajstić information content (AvgIpc) is 4.06. The minimum absolute atomic E-state index is 0.0120. The molecule has 2 aliphatic carbocycles. The molecule has 6 atom stereocenters. The monoisotopic (exact) mass is 804 g/mol. The second-order valence-corrected chi connectivity index (χ2v) is 15.6. The van der Waals surface area contributed by atoms with E-state index in [0.717, 1.165) is 62.2 Å². The molecule has 2 heterocycles. The highest BCUT2D eigenvalue weighted by atomic mass is 16.7. The number of carbonyl (C=O) groups is 1. The summed E-state index contributed by atoms with van der Waals surface area (Å²) in [6.07, 6.45) is 8.99. The van der Waals surface area contributed by atoms with Crippen molar-refractivity contribution in [1.82, 2.24) is 9.80 Å². The smallest absolute Gasteiger partial charge is 0.410 e. The zero-order chi connectivity index (χ0) is 41.1. The van der Waals surface area contributed by atoms with Crippen molar-refractivity contribution >= 4 is 17.5 Å². The van der Waals surface area contributed by atoms with Gasteiger partial charge in [0, 0.05) is 69.4 Å². The number of nitrogens with zero attached hydrogens (tertiary/aromatic N) is 4. The Hall–Kier alpha value is -4.50. The van der Waals surface area contributed by atoms with Gasteiger partial charge in [0.25, 0.3) is 5.69 Å². The van der Waals surface area contributed by atoms with Crippen molar-refractivity contribution in [3.05, 3.63) is 88.0 Å². The van der Waals surface area contributed by atoms with E-state index in [4.69, 9.17) is 28.9 Å². The van der Waals surface area contributed by atoms with Crippen molar-refractivity contribution < 1.29 is 43.7 Å². The number of non-ortho nitro benzene ring substituents is 1. The lowest BCUT2D eigenvalue weighted by Gasteiger charge is -2.59. The van der Waals surface area contributed by atoms with Gasteiger partial charge in [-0.05, 0) is 92.3 Å². The van der Waals surface area contributed by atoms with Crippen LogP contribution in [0, 0.1) is 27.9 Å². The van der Waals surface area contributed by atoms with Crippen molar-refractivity contribution in [2.24, 2.45) is 22.9 Å². The number of aliphatic hydroxyl groups is 2. The maximum atomic E-state index is 14.0. The predicted octanol–water partition coefficient (Wildman–Crippen LogP) is 6.99. The highest BCUT2D eigenvalue weighted by Crippen LogP contribution is 2.62. The van der Waals surface area contributed by atoms with Gasteiger partial charge in [-0.3, -0.25) is 19.9 Å². The minimum atomic E-state index is -1.38. The molecule has 0 radical (unpaired) electrons. The highest BCUT2D eigenvalue weighted by Gasteiger charge is 2.65. The van der Waals surface area contributed by atoms with Crippen LogP contribution in [0.2, 0.25) is 0 Å². The van der Waals surface area contributed by atoms with Gasteiger partial charge in [0.2, 0.25) is 5.79 Å². The quantitative estimate of drug-likeness (QED) is 0.0391. The third-order valence-electron chi connectivity index (χ3n) is 11.8. The van der Waals surface area contributed by atoms with Gasteiger partial charge < -0.3 is 34.0 Å². The number of hydrogen-bond donors (Lipinski definition) is 2. The lowest BCUT2D eigenvalue weighted by Crippen LogP contribution is -2.70. The van der Waals surface area contributed by atoms with E-state index in [9.17, 15) is 25.1 Å². The fourth-order valence-corrected chi connectivity index (χ4v) is 9.05. The predicted molar refractivity (Wildman–Crippen MR) is 219 cm³/mol. The molecule has 0 bridgehead atoms. The summed E-state index contributed by atoms with van der Waals surface area (Å²) in [5.41, 5.74) is 3.27. The molecule has 14 heteroatoms. The van der Waals surface area contributed by atoms with Crippen LogP contribution in [0.1, 0.15) is 82.3 Å². The fourth-order valence-electron chi connectivity index (χ4n) is 9.05. The average molecular weight is 805 g/mol. The molecule has 58 heavy (non-hydrogen) atoms. The Balaban J connectivity index is 1.52. The van der Waals surface area contributed by atoms with Gasteiger partial charge in [0.1, 0.15) is 30.8 Å². The lowest BCUT2D eigenvalue weighted by molar-refractivity contribution is -0.384. The number of amides is 1. The van der Waals surface area contributed by atoms with Crippen molar-refractivity contribution in [2.45, 2.75) is 89.6 Å². The first-order valence-corrected chi connectivity index (χ1v) is 21.0. The van der Waals surface area contributed by atoms with Crippen molar-refractivity contribution in [2.75, 3.05) is 59.2 Å². The number of benzene rings is 2. The van der Waals surface area contributed by atoms with Crippen LogP contribution in [0.15, 0.2) is 71.9 Å². The second kappa shape index (κ2) is 20.5. The number of nitro groups is 1. The fraction of sp³-hybridized carbons (Fsp3) is 0.591. The topological polar surface area (TPSA) is 165 Å². The third-order valence-corrected chi connectivity index (χ3v) is 11.8. The first kappa shape index (κ1) is 43.1. The summed E-state index contributed by atoms with van der Waals surface area (Å²) >= 11 is 0. The molecule has 4 aliphatic rings. The van der Waals surface area contributed by atoms with E-state index in [1.54, 1.807) is 30.0 Å². The normalized spacial score (nSPS) is 25.1. The van der Waals surface area contributed by atoms with E-state index in [1.807, 2.05) is 19.1 Å². The molecule has 6 rings (SSSR count). The van der Waals surface area contributed by atoms with E-state index in [1.165, 1.54) is 12.1 Å². The van der Waals surface area contributed by atoms with Gasteiger partial charge >= 0.3 is 6.09 Å². The molecule has 2 fully saturated rings. The molecule has 0 spiro atoms. The van der Waals surface area contributed by atoms with E-state index in [0.29, 0.717) is 49.4 Å². The van der Waals surface area contributed by atoms with Gasteiger partial charge in [-0.2, -0.15) is 0 Å². The Labute approximate surface area is 341 Å². The first-order valence-electron chi connectivity index (χ1n) is 21.0. The Morgan fingerprint density at radius 1 is 1.10 bits per heavy atom. The van der Waals surface area contributed by atoms with E-state index >= 15 is 0 Å². The molecule has 2 aromatic rings. The van der Waals surface area contributed by atoms with Crippen LogP contribution in [0.4, 0.5) is 10.5 Å². The zero-order valence-corrected chi connectivity index (χ0v) is 34.0. The van der Waals surface area contributed by atoms with Crippen LogP contribution in [-0.4, -0.2) is 108 Å². The second-order valence-electron chi connectivity index (χ2n) is 15.6. The number of oxime groups is 1. The molecule has 316 valence electrons. The highest BCUT2D eigenvalue weighted by molar-refractivity contribution is 6.03. The van der Waals surface area contributed by atoms with Crippen LogP contribution in [0.5, 0.6) is 11.5 Å². The molecular weight excluding hydrogens is 745 g/mol. The molecule has 1 saturated carbocycles. The number of unbranched alkanes of at least 4 members (excludes halogenated alkanes) is 2. The van der Waals surface area contributed by atoms with Gasteiger partial charge in [0.15, 0.2) is 0 Å². The summed E-state index contributed by atoms with van der Waals surface area (Å²) in [4.78, 5) is 35.0. The number of aliphatic hydroxyl groups excluding tert-OH is 2. The largest absolute Gasteiger partial charge is 0.492 e. The lowest BCUT2D eigenvalue weighted by atomic mass is 9.55. The summed E-state index contributed by atoms with van der Waals surface area (Å²) in [7, 11) is 0. The van der Waals surface area contributed by atoms with Gasteiger partial charge in [0.05, 0.1) is 29.8 Å². The number of ether oxygens (including phenoxy) is 4. The standard InChI is InChI=1S/C44H60N4O10/c1-4-19-47(43(51)54-6-3)40-29-38(45-57-30-31-13-15-33(16-14-31)48(52)53)36-27-32(11-7-9-23-49)35(12-8-10-24-50)41-37-28-34(55-26-22-46-20-21-46)17-18-39(37)58-44(40,42(36)41)56-25-5-2/h5,13-18,27-28,32,35,40-42,49-50H,2,4,6-12,19-26,29-30H2,1,3H3. The van der Waals surface area contributed by atoms with Crippen LogP contribution in [0.25, 0.3) is 0 Å². The van der Waals surface area contributed by atoms with E-state index in [-0.39, 0.29) is 62.9 Å². The summed E-state index contributed by atoms with van der Waals surface area (Å²) in [5, 5.41) is 35.9. The van der Waals surface area contributed by atoms with E-state index in [2.05, 4.69) is 23.6 Å². The number of allylic oxidation sites excluding steroid dienone is 1. The van der Waals surface area contributed by atoms with E-state index < -0.39 is 28.8 Å². The summed E-state index contributed by atoms with van der Waals surface area (Å²) in [6.45, 7) is 12.4. The Morgan fingerprint density at radius 3 is 2.53 bits per heavy atom. The molecule has 6 unspecified atom stereocenters. The summed E-state index contributed by atoms with van der Waals surface area (Å²) in [5.74, 6) is -0.479. The van der Waals surface area contributed by atoms with Crippen molar-refractivity contribution in [3.63, 3.8) is 0 Å². The minimum Gasteiger partial charge on any atom is -0.492 e. The Kier molecular flexibility index (Phi) is 15.2. The molecule has 1 amide bonds. The van der Waals surface area contributed by atoms with Gasteiger partial charge in [-0.1, -0.05) is 37.1 Å². The Morgan fingerprint density at radius 2 is 1.86 bits per heavy atom. The molecular formula is C44H60N4O10. The van der Waals surface area contributed by atoms with Gasteiger partial charge in [-0.15, -0.1) is 6.58 Å². The van der Waals surface area contributed by atoms with Crippen LogP contribution >= 0.6 is 0 Å². The summed E-state index contributed by atoms with van der Waals surface area (Å²) in [6, 6.07) is 11.5. The first-order chi connectivity index (χ1) is 28.3. The molecule has 2 aromatic carbocycles. The van der Waals surface area contributed by atoms with Gasteiger partial charge in [-0.25, -0.2) is 4.79 Å². The molecule has 2 aliphatic heterocycles. The number of rotatable bonds is 23. The Bertz CT molecular complexity index is 1760. The molecule has 14 nitrogen and oxygen atoms in total.